The summed E-state index contributed by atoms with van der Waals surface area (Å²) in [4.78, 5) is 24.2. The van der Waals surface area contributed by atoms with Crippen molar-refractivity contribution in [2.24, 2.45) is 0 Å². The number of anilines is 1. The van der Waals surface area contributed by atoms with Crippen LogP contribution in [0.4, 0.5) is 27.9 Å². The van der Waals surface area contributed by atoms with Gasteiger partial charge >= 0.3 is 6.18 Å². The maximum atomic E-state index is 13.7. The molecule has 3 heterocycles. The normalized spacial score (nSPS) is 18.2. The molecular formula is C22H25F5N6O. The number of alkyl halides is 3. The van der Waals surface area contributed by atoms with Crippen molar-refractivity contribution in [2.45, 2.75) is 31.6 Å². The van der Waals surface area contributed by atoms with Crippen LogP contribution in [0, 0.1) is 11.6 Å². The van der Waals surface area contributed by atoms with Gasteiger partial charge in [-0.2, -0.15) is 13.2 Å². The highest BCUT2D eigenvalue weighted by molar-refractivity contribution is 5.95. The van der Waals surface area contributed by atoms with Gasteiger partial charge in [0.05, 0.1) is 5.56 Å². The van der Waals surface area contributed by atoms with Crippen LogP contribution in [-0.4, -0.2) is 66.1 Å². The standard InChI is InChI=1S/C22H25F5N6O/c23-17-2-1-14(11-18(17)24)12-29-20(34)16-13-30-21(31-19(16)22(25,26)27)33-9-7-32(8-10-33)15-3-5-28-6-4-15/h1-2,11,13,15,28H,3-10,12H2,(H,29,34). The molecule has 0 bridgehead atoms. The molecule has 12 heteroatoms. The van der Waals surface area contributed by atoms with Crippen molar-refractivity contribution in [3.05, 3.63) is 52.9 Å². The topological polar surface area (TPSA) is 73.4 Å². The van der Waals surface area contributed by atoms with E-state index in [2.05, 4.69) is 25.5 Å². The molecule has 2 aromatic rings. The Kier molecular flexibility index (Phi) is 7.27. The van der Waals surface area contributed by atoms with Gasteiger partial charge in [-0.05, 0) is 43.6 Å². The number of carbonyl (C=O) groups is 1. The molecule has 0 saturated carbocycles. The van der Waals surface area contributed by atoms with E-state index in [9.17, 15) is 26.7 Å². The first-order chi connectivity index (χ1) is 16.2. The van der Waals surface area contributed by atoms with Crippen LogP contribution in [0.5, 0.6) is 0 Å². The summed E-state index contributed by atoms with van der Waals surface area (Å²) in [6.45, 7) is 4.02. The summed E-state index contributed by atoms with van der Waals surface area (Å²) >= 11 is 0. The summed E-state index contributed by atoms with van der Waals surface area (Å²) in [6.07, 6.45) is -1.92. The summed E-state index contributed by atoms with van der Waals surface area (Å²) < 4.78 is 67.6. The summed E-state index contributed by atoms with van der Waals surface area (Å²) in [5, 5.41) is 5.60. The highest BCUT2D eigenvalue weighted by Gasteiger charge is 2.39. The van der Waals surface area contributed by atoms with Crippen LogP contribution in [0.2, 0.25) is 0 Å². The van der Waals surface area contributed by atoms with E-state index >= 15 is 0 Å². The molecule has 2 fully saturated rings. The van der Waals surface area contributed by atoms with Crippen molar-refractivity contribution in [3.8, 4) is 0 Å². The molecule has 1 amide bonds. The third kappa shape index (κ3) is 5.61. The zero-order valence-corrected chi connectivity index (χ0v) is 18.3. The Bertz CT molecular complexity index is 1020. The largest absolute Gasteiger partial charge is 0.434 e. The average molecular weight is 484 g/mol. The van der Waals surface area contributed by atoms with E-state index in [4.69, 9.17) is 0 Å². The van der Waals surface area contributed by atoms with Crippen LogP contribution in [0.3, 0.4) is 0 Å². The number of nitrogens with zero attached hydrogens (tertiary/aromatic N) is 4. The molecule has 0 unspecified atom stereocenters. The van der Waals surface area contributed by atoms with Crippen LogP contribution in [-0.2, 0) is 12.7 Å². The predicted molar refractivity (Wildman–Crippen MR) is 114 cm³/mol. The number of piperazine rings is 1. The second-order valence-corrected chi connectivity index (χ2v) is 8.37. The number of nitrogens with one attached hydrogen (secondary N) is 2. The number of hydrogen-bond donors (Lipinski definition) is 2. The fraction of sp³-hybridized carbons (Fsp3) is 0.500. The minimum Gasteiger partial charge on any atom is -0.348 e. The molecule has 1 aromatic heterocycles. The van der Waals surface area contributed by atoms with Crippen molar-refractivity contribution in [2.75, 3.05) is 44.2 Å². The van der Waals surface area contributed by atoms with E-state index in [0.717, 1.165) is 44.3 Å². The van der Waals surface area contributed by atoms with Gasteiger partial charge < -0.3 is 15.5 Å². The van der Waals surface area contributed by atoms with E-state index in [0.29, 0.717) is 32.2 Å². The van der Waals surface area contributed by atoms with Crippen molar-refractivity contribution in [3.63, 3.8) is 0 Å². The van der Waals surface area contributed by atoms with Gasteiger partial charge in [-0.25, -0.2) is 18.7 Å². The quantitative estimate of drug-likeness (QED) is 0.636. The Morgan fingerprint density at radius 1 is 1.09 bits per heavy atom. The number of amides is 1. The number of aromatic nitrogens is 2. The van der Waals surface area contributed by atoms with E-state index in [-0.39, 0.29) is 18.1 Å². The maximum Gasteiger partial charge on any atom is 0.434 e. The van der Waals surface area contributed by atoms with Crippen LogP contribution in [0.1, 0.15) is 34.5 Å². The lowest BCUT2D eigenvalue weighted by Crippen LogP contribution is -2.53. The smallest absolute Gasteiger partial charge is 0.348 e. The summed E-state index contributed by atoms with van der Waals surface area (Å²) in [6, 6.07) is 3.44. The Morgan fingerprint density at radius 3 is 2.44 bits per heavy atom. The van der Waals surface area contributed by atoms with Gasteiger partial charge in [0.2, 0.25) is 5.95 Å². The molecule has 2 aliphatic rings. The van der Waals surface area contributed by atoms with E-state index in [1.165, 1.54) is 6.07 Å². The molecule has 0 radical (unpaired) electrons. The van der Waals surface area contributed by atoms with Crippen molar-refractivity contribution >= 4 is 11.9 Å². The zero-order chi connectivity index (χ0) is 24.3. The molecule has 34 heavy (non-hydrogen) atoms. The minimum absolute atomic E-state index is 0.0746. The first-order valence-electron chi connectivity index (χ1n) is 11.1. The van der Waals surface area contributed by atoms with Crippen LogP contribution < -0.4 is 15.5 Å². The molecule has 0 atom stereocenters. The summed E-state index contributed by atoms with van der Waals surface area (Å²) in [7, 11) is 0. The molecule has 184 valence electrons. The van der Waals surface area contributed by atoms with Gasteiger partial charge in [0, 0.05) is 45.0 Å². The van der Waals surface area contributed by atoms with Gasteiger partial charge in [-0.3, -0.25) is 9.69 Å². The number of rotatable bonds is 5. The summed E-state index contributed by atoms with van der Waals surface area (Å²) in [5.41, 5.74) is -1.86. The van der Waals surface area contributed by atoms with Crippen LogP contribution >= 0.6 is 0 Å². The first-order valence-corrected chi connectivity index (χ1v) is 11.1. The lowest BCUT2D eigenvalue weighted by molar-refractivity contribution is -0.141. The Balaban J connectivity index is 1.44. The fourth-order valence-electron chi connectivity index (χ4n) is 4.29. The Hall–Kier alpha value is -2.86. The third-order valence-electron chi connectivity index (χ3n) is 6.15. The van der Waals surface area contributed by atoms with Gasteiger partial charge in [0.15, 0.2) is 17.3 Å². The molecule has 2 N–H and O–H groups in total. The monoisotopic (exact) mass is 484 g/mol. The van der Waals surface area contributed by atoms with E-state index in [1.54, 1.807) is 4.90 Å². The van der Waals surface area contributed by atoms with Crippen molar-refractivity contribution in [1.29, 1.82) is 0 Å². The average Bonchev–Trinajstić information content (AvgIpc) is 2.84. The molecule has 4 rings (SSSR count). The minimum atomic E-state index is -4.87. The lowest BCUT2D eigenvalue weighted by atomic mass is 10.0. The number of carbonyl (C=O) groups excluding carboxylic acids is 1. The highest BCUT2D eigenvalue weighted by Crippen LogP contribution is 2.31. The van der Waals surface area contributed by atoms with Crippen molar-refractivity contribution in [1.82, 2.24) is 25.5 Å². The molecular weight excluding hydrogens is 459 g/mol. The van der Waals surface area contributed by atoms with Crippen molar-refractivity contribution < 1.29 is 26.7 Å². The van der Waals surface area contributed by atoms with Gasteiger partial charge in [-0.15, -0.1) is 0 Å². The second-order valence-electron chi connectivity index (χ2n) is 8.37. The second kappa shape index (κ2) is 10.2. The maximum absolute atomic E-state index is 13.7. The molecule has 2 saturated heterocycles. The van der Waals surface area contributed by atoms with Crippen LogP contribution in [0.15, 0.2) is 24.4 Å². The number of benzene rings is 1. The first kappa shape index (κ1) is 24.3. The van der Waals surface area contributed by atoms with Crippen LogP contribution in [0.25, 0.3) is 0 Å². The molecule has 0 aliphatic carbocycles. The fourth-order valence-corrected chi connectivity index (χ4v) is 4.29. The third-order valence-corrected chi connectivity index (χ3v) is 6.15. The molecule has 1 aromatic carbocycles. The molecule has 0 spiro atoms. The van der Waals surface area contributed by atoms with Gasteiger partial charge in [0.25, 0.3) is 5.91 Å². The number of hydrogen-bond acceptors (Lipinski definition) is 6. The molecule has 2 aliphatic heterocycles. The number of piperidine rings is 1. The Labute approximate surface area is 193 Å². The SMILES string of the molecule is O=C(NCc1ccc(F)c(F)c1)c1cnc(N2CCN(C3CCNCC3)CC2)nc1C(F)(F)F. The zero-order valence-electron chi connectivity index (χ0n) is 18.3. The predicted octanol–water partition coefficient (Wildman–Crippen LogP) is 2.58. The van der Waals surface area contributed by atoms with Gasteiger partial charge in [0.1, 0.15) is 0 Å². The number of halogens is 5. The van der Waals surface area contributed by atoms with E-state index < -0.39 is 35.0 Å². The Morgan fingerprint density at radius 2 is 1.79 bits per heavy atom. The van der Waals surface area contributed by atoms with E-state index in [1.807, 2.05) is 0 Å². The highest BCUT2D eigenvalue weighted by atomic mass is 19.4. The van der Waals surface area contributed by atoms with Gasteiger partial charge in [-0.1, -0.05) is 6.07 Å². The summed E-state index contributed by atoms with van der Waals surface area (Å²) in [5.74, 6) is -3.31. The lowest BCUT2D eigenvalue weighted by Gasteiger charge is -2.40. The molecule has 7 nitrogen and oxygen atoms in total.